The van der Waals surface area contributed by atoms with E-state index in [1.807, 2.05) is 60.7 Å². The molecular weight excluding hydrogens is 288 g/mol. The number of fused-ring (bicyclic) bond motifs is 1. The summed E-state index contributed by atoms with van der Waals surface area (Å²) in [6, 6.07) is 13.7. The Morgan fingerprint density at radius 3 is 2.70 bits per heavy atom. The van der Waals surface area contributed by atoms with Crippen molar-refractivity contribution in [1.82, 2.24) is 9.38 Å². The molecule has 0 fully saturated rings. The summed E-state index contributed by atoms with van der Waals surface area (Å²) in [7, 11) is 0. The Morgan fingerprint density at radius 2 is 1.87 bits per heavy atom. The van der Waals surface area contributed by atoms with E-state index in [1.165, 1.54) is 0 Å². The maximum absolute atomic E-state index is 5.72. The Balaban J connectivity index is 2.00. The first-order valence-electron chi connectivity index (χ1n) is 7.79. The first-order chi connectivity index (χ1) is 11.2. The molecule has 2 heterocycles. The van der Waals surface area contributed by atoms with Gasteiger partial charge in [0.25, 0.3) is 0 Å². The predicted molar refractivity (Wildman–Crippen MR) is 91.1 cm³/mol. The Morgan fingerprint density at radius 1 is 1.04 bits per heavy atom. The summed E-state index contributed by atoms with van der Waals surface area (Å²) in [4.78, 5) is 4.54. The van der Waals surface area contributed by atoms with Crippen molar-refractivity contribution in [3.05, 3.63) is 53.9 Å². The predicted octanol–water partition coefficient (Wildman–Crippen LogP) is 5.16. The second-order valence-electron chi connectivity index (χ2n) is 5.40. The third kappa shape index (κ3) is 3.08. The highest BCUT2D eigenvalue weighted by Gasteiger charge is 2.10. The van der Waals surface area contributed by atoms with Gasteiger partial charge in [-0.2, -0.15) is 0 Å². The average molecular weight is 308 g/mol. The number of para-hydroxylation sites is 1. The summed E-state index contributed by atoms with van der Waals surface area (Å²) in [5, 5.41) is 8.83. The highest BCUT2D eigenvalue weighted by atomic mass is 16.5. The highest BCUT2D eigenvalue weighted by molar-refractivity contribution is 5.54. The molecule has 0 saturated heterocycles. The number of nitrogens with zero attached hydrogens (tertiary/aromatic N) is 4. The van der Waals surface area contributed by atoms with Crippen LogP contribution in [0.4, 0.5) is 11.5 Å². The van der Waals surface area contributed by atoms with Crippen LogP contribution in [0.2, 0.25) is 0 Å². The van der Waals surface area contributed by atoms with Crippen molar-refractivity contribution in [2.24, 2.45) is 10.2 Å². The Kier molecular flexibility index (Phi) is 4.37. The molecule has 1 aromatic carbocycles. The zero-order chi connectivity index (χ0) is 16.2. The fourth-order valence-corrected chi connectivity index (χ4v) is 2.44. The lowest BCUT2D eigenvalue weighted by molar-refractivity contribution is 0.318. The van der Waals surface area contributed by atoms with Crippen LogP contribution in [0.25, 0.3) is 5.65 Å². The van der Waals surface area contributed by atoms with Gasteiger partial charge in [0.05, 0.1) is 12.3 Å². The van der Waals surface area contributed by atoms with Crippen LogP contribution in [-0.4, -0.2) is 16.0 Å². The van der Waals surface area contributed by atoms with Gasteiger partial charge in [-0.3, -0.25) is 4.40 Å². The first-order valence-corrected chi connectivity index (χ1v) is 7.79. The van der Waals surface area contributed by atoms with Crippen molar-refractivity contribution < 1.29 is 4.74 Å². The van der Waals surface area contributed by atoms with Crippen LogP contribution in [0.1, 0.15) is 24.7 Å². The molecule has 3 aromatic rings. The number of benzene rings is 1. The second-order valence-corrected chi connectivity index (χ2v) is 5.40. The molecule has 0 aliphatic carbocycles. The zero-order valence-corrected chi connectivity index (χ0v) is 13.7. The van der Waals surface area contributed by atoms with E-state index in [1.54, 1.807) is 0 Å². The molecule has 0 bridgehead atoms. The monoisotopic (exact) mass is 308 g/mol. The van der Waals surface area contributed by atoms with Crippen LogP contribution in [0.5, 0.6) is 5.75 Å². The number of rotatable bonds is 5. The van der Waals surface area contributed by atoms with Crippen LogP contribution in [-0.2, 0) is 0 Å². The molecule has 0 unspecified atom stereocenters. The SMILES string of the molecule is CCCOc1ccccc1N=Nc1c(C)nc2cccc(C)n12. The quantitative estimate of drug-likeness (QED) is 0.612. The lowest BCUT2D eigenvalue weighted by Gasteiger charge is -2.06. The Hall–Kier alpha value is -2.69. The highest BCUT2D eigenvalue weighted by Crippen LogP contribution is 2.30. The molecule has 23 heavy (non-hydrogen) atoms. The number of hydrogen-bond donors (Lipinski definition) is 0. The van der Waals surface area contributed by atoms with Gasteiger partial charge in [-0.25, -0.2) is 4.98 Å². The molecule has 0 atom stereocenters. The smallest absolute Gasteiger partial charge is 0.182 e. The van der Waals surface area contributed by atoms with E-state index < -0.39 is 0 Å². The number of imidazole rings is 1. The van der Waals surface area contributed by atoms with Gasteiger partial charge in [0.1, 0.15) is 17.1 Å². The van der Waals surface area contributed by atoms with Gasteiger partial charge in [0.15, 0.2) is 5.82 Å². The molecular formula is C18H20N4O. The lowest BCUT2D eigenvalue weighted by Crippen LogP contribution is -1.94. The maximum atomic E-state index is 5.72. The van der Waals surface area contributed by atoms with Crippen molar-refractivity contribution in [1.29, 1.82) is 0 Å². The number of hydrogen-bond acceptors (Lipinski definition) is 4. The molecule has 0 aliphatic heterocycles. The van der Waals surface area contributed by atoms with E-state index in [9.17, 15) is 0 Å². The van der Waals surface area contributed by atoms with Crippen LogP contribution in [0.15, 0.2) is 52.7 Å². The molecule has 2 aromatic heterocycles. The van der Waals surface area contributed by atoms with Crippen LogP contribution in [0, 0.1) is 13.8 Å². The molecule has 0 radical (unpaired) electrons. The number of aromatic nitrogens is 2. The van der Waals surface area contributed by atoms with E-state index in [0.29, 0.717) is 6.61 Å². The Labute approximate surface area is 135 Å². The summed E-state index contributed by atoms with van der Waals surface area (Å²) in [5.74, 6) is 1.50. The first kappa shape index (κ1) is 15.2. The number of azo groups is 1. The van der Waals surface area contributed by atoms with Gasteiger partial charge in [0.2, 0.25) is 0 Å². The van der Waals surface area contributed by atoms with Crippen molar-refractivity contribution in [3.8, 4) is 5.75 Å². The topological polar surface area (TPSA) is 51.2 Å². The molecule has 0 spiro atoms. The summed E-state index contributed by atoms with van der Waals surface area (Å²) in [5.41, 5.74) is 3.54. The zero-order valence-electron chi connectivity index (χ0n) is 13.7. The van der Waals surface area contributed by atoms with Gasteiger partial charge >= 0.3 is 0 Å². The molecule has 0 aliphatic rings. The summed E-state index contributed by atoms with van der Waals surface area (Å²) in [6.45, 7) is 6.72. The van der Waals surface area contributed by atoms with E-state index in [4.69, 9.17) is 4.74 Å². The summed E-state index contributed by atoms with van der Waals surface area (Å²) in [6.07, 6.45) is 0.955. The van der Waals surface area contributed by atoms with E-state index >= 15 is 0 Å². The second kappa shape index (κ2) is 6.60. The lowest BCUT2D eigenvalue weighted by atomic mass is 10.3. The molecule has 0 saturated carbocycles. The number of pyridine rings is 1. The number of aryl methyl sites for hydroxylation is 2. The minimum absolute atomic E-state index is 0.667. The van der Waals surface area contributed by atoms with Crippen molar-refractivity contribution >= 4 is 17.2 Å². The van der Waals surface area contributed by atoms with Crippen LogP contribution < -0.4 is 4.74 Å². The van der Waals surface area contributed by atoms with Gasteiger partial charge in [-0.1, -0.05) is 25.1 Å². The van der Waals surface area contributed by atoms with E-state index in [-0.39, 0.29) is 0 Å². The van der Waals surface area contributed by atoms with Crippen molar-refractivity contribution in [2.75, 3.05) is 6.61 Å². The van der Waals surface area contributed by atoms with Gasteiger partial charge in [0, 0.05) is 5.69 Å². The molecule has 5 heteroatoms. The van der Waals surface area contributed by atoms with Crippen molar-refractivity contribution in [3.63, 3.8) is 0 Å². The summed E-state index contributed by atoms with van der Waals surface area (Å²) < 4.78 is 7.73. The van der Waals surface area contributed by atoms with Gasteiger partial charge in [-0.15, -0.1) is 10.2 Å². The molecule has 5 nitrogen and oxygen atoms in total. The van der Waals surface area contributed by atoms with E-state index in [0.717, 1.165) is 40.7 Å². The normalized spacial score (nSPS) is 11.4. The van der Waals surface area contributed by atoms with Crippen molar-refractivity contribution in [2.45, 2.75) is 27.2 Å². The number of ether oxygens (including phenoxy) is 1. The largest absolute Gasteiger partial charge is 0.491 e. The third-order valence-corrected chi connectivity index (χ3v) is 3.56. The van der Waals surface area contributed by atoms with Gasteiger partial charge in [-0.05, 0) is 44.5 Å². The molecule has 0 N–H and O–H groups in total. The molecule has 118 valence electrons. The van der Waals surface area contributed by atoms with E-state index in [2.05, 4.69) is 22.1 Å². The third-order valence-electron chi connectivity index (χ3n) is 3.56. The molecule has 0 amide bonds. The van der Waals surface area contributed by atoms with Gasteiger partial charge < -0.3 is 4.74 Å². The standard InChI is InChI=1S/C18H20N4O/c1-4-12-23-16-10-6-5-9-15(16)20-21-18-14(3)19-17-11-7-8-13(2)22(17)18/h5-11H,4,12H2,1-3H3. The fourth-order valence-electron chi connectivity index (χ4n) is 2.44. The van der Waals surface area contributed by atoms with Crippen LogP contribution in [0.3, 0.4) is 0 Å². The molecule has 3 rings (SSSR count). The minimum atomic E-state index is 0.667. The summed E-state index contributed by atoms with van der Waals surface area (Å²) >= 11 is 0. The Bertz CT molecular complexity index is 851. The maximum Gasteiger partial charge on any atom is 0.182 e. The average Bonchev–Trinajstić information content (AvgIpc) is 2.88. The fraction of sp³-hybridized carbons (Fsp3) is 0.278. The minimum Gasteiger partial charge on any atom is -0.491 e. The van der Waals surface area contributed by atoms with Crippen LogP contribution >= 0.6 is 0 Å².